The van der Waals surface area contributed by atoms with Crippen molar-refractivity contribution in [1.82, 2.24) is 9.55 Å². The van der Waals surface area contributed by atoms with Crippen LogP contribution in [0.3, 0.4) is 0 Å². The molecule has 2 heterocycles. The Bertz CT molecular complexity index is 1020. The fourth-order valence-corrected chi connectivity index (χ4v) is 5.70. The molecule has 18 nitrogen and oxygen atoms in total. The summed E-state index contributed by atoms with van der Waals surface area (Å²) in [7, 11) is -16.6. The predicted octanol–water partition coefficient (Wildman–Crippen LogP) is -1.38. The number of phosphoric ester groups is 1. The number of aromatic nitrogens is 2. The summed E-state index contributed by atoms with van der Waals surface area (Å²) in [6.07, 6.45) is -2.38. The Kier molecular flexibility index (Phi) is 10.5. The number of phosphoric acid groups is 3. The molecule has 34 heavy (non-hydrogen) atoms. The van der Waals surface area contributed by atoms with Gasteiger partial charge in [0.15, 0.2) is 0 Å². The highest BCUT2D eigenvalue weighted by Crippen LogP contribution is 2.66. The van der Waals surface area contributed by atoms with Gasteiger partial charge in [-0.1, -0.05) is 0 Å². The molecule has 0 bridgehead atoms. The van der Waals surface area contributed by atoms with Gasteiger partial charge in [-0.05, 0) is 6.07 Å². The van der Waals surface area contributed by atoms with E-state index in [1.54, 1.807) is 0 Å². The zero-order valence-corrected chi connectivity index (χ0v) is 20.0. The minimum absolute atomic E-state index is 0.133. The molecule has 1 aromatic heterocycles. The van der Waals surface area contributed by atoms with Crippen LogP contribution in [0.25, 0.3) is 0 Å². The number of nitrogens with two attached hydrogens (primary N) is 1. The second kappa shape index (κ2) is 12.3. The van der Waals surface area contributed by atoms with E-state index in [9.17, 15) is 28.5 Å². The largest absolute Gasteiger partial charge is 0.490 e. The second-order valence-electron chi connectivity index (χ2n) is 6.65. The highest BCUT2D eigenvalue weighted by molar-refractivity contribution is 7.66. The van der Waals surface area contributed by atoms with Crippen molar-refractivity contribution in [1.29, 1.82) is 0 Å². The summed E-state index contributed by atoms with van der Waals surface area (Å²) in [5.74, 6) is 0.264. The molecule has 1 aliphatic rings. The zero-order valence-electron chi connectivity index (χ0n) is 17.4. The van der Waals surface area contributed by atoms with Gasteiger partial charge in [-0.25, -0.2) is 18.5 Å². The molecule has 8 N–H and O–H groups in total. The Morgan fingerprint density at radius 3 is 2.50 bits per heavy atom. The smallest absolute Gasteiger partial charge is 0.390 e. The van der Waals surface area contributed by atoms with Crippen LogP contribution >= 0.6 is 23.5 Å². The zero-order chi connectivity index (χ0) is 25.6. The van der Waals surface area contributed by atoms with Crippen LogP contribution < -0.4 is 16.7 Å². The molecular formula is C13H25N4O14P3. The second-order valence-corrected chi connectivity index (χ2v) is 11.1. The number of hydrogen-bond acceptors (Lipinski definition) is 13. The van der Waals surface area contributed by atoms with Crippen molar-refractivity contribution in [2.24, 2.45) is 5.73 Å². The maximum atomic E-state index is 12.3. The van der Waals surface area contributed by atoms with Gasteiger partial charge in [0.1, 0.15) is 18.1 Å². The Labute approximate surface area is 192 Å². The minimum atomic E-state index is -5.68. The number of nitrogens with zero attached hydrogens (tertiary/aromatic N) is 2. The number of aliphatic hydroxyl groups excluding tert-OH is 1. The summed E-state index contributed by atoms with van der Waals surface area (Å²) in [5, 5.41) is 13.0. The van der Waals surface area contributed by atoms with Crippen LogP contribution in [0.4, 0.5) is 5.82 Å². The normalized spacial score (nSPS) is 24.5. The molecule has 196 valence electrons. The molecule has 0 aliphatic carbocycles. The third kappa shape index (κ3) is 9.89. The first-order valence-corrected chi connectivity index (χ1v) is 14.0. The van der Waals surface area contributed by atoms with Gasteiger partial charge in [0.2, 0.25) is 0 Å². The quantitative estimate of drug-likeness (QED) is 0.103. The lowest BCUT2D eigenvalue weighted by Crippen LogP contribution is -2.28. The first-order chi connectivity index (χ1) is 15.7. The highest BCUT2D eigenvalue weighted by atomic mass is 31.3. The van der Waals surface area contributed by atoms with Crippen LogP contribution in [0.2, 0.25) is 0 Å². The van der Waals surface area contributed by atoms with Crippen LogP contribution in [-0.4, -0.2) is 79.3 Å². The average molecular weight is 554 g/mol. The van der Waals surface area contributed by atoms with E-state index in [0.717, 1.165) is 4.57 Å². The fraction of sp³-hybridized carbons (Fsp3) is 0.692. The van der Waals surface area contributed by atoms with Crippen molar-refractivity contribution >= 4 is 29.3 Å². The summed E-state index contributed by atoms with van der Waals surface area (Å²) in [6, 6.07) is 1.47. The lowest BCUT2D eigenvalue weighted by molar-refractivity contribution is -0.0449. The highest BCUT2D eigenvalue weighted by Gasteiger charge is 2.42. The molecule has 1 aliphatic heterocycles. The Balaban J connectivity index is 1.91. The maximum absolute atomic E-state index is 12.3. The fourth-order valence-electron chi connectivity index (χ4n) is 2.67. The van der Waals surface area contributed by atoms with E-state index < -0.39 is 54.2 Å². The molecule has 5 atom stereocenters. The Hall–Kier alpha value is -1.07. The van der Waals surface area contributed by atoms with E-state index in [4.69, 9.17) is 29.9 Å². The Morgan fingerprint density at radius 1 is 1.18 bits per heavy atom. The molecule has 0 aromatic carbocycles. The third-order valence-corrected chi connectivity index (χ3v) is 7.78. The molecule has 2 unspecified atom stereocenters. The van der Waals surface area contributed by atoms with Crippen LogP contribution in [0, 0.1) is 0 Å². The molecule has 0 amide bonds. The van der Waals surface area contributed by atoms with E-state index in [-0.39, 0.29) is 12.2 Å². The molecule has 2 rings (SSSR count). The topological polar surface area (TPSA) is 271 Å². The molecule has 1 fully saturated rings. The van der Waals surface area contributed by atoms with Gasteiger partial charge in [0.25, 0.3) is 0 Å². The molecule has 0 spiro atoms. The van der Waals surface area contributed by atoms with E-state index in [1.807, 2.05) is 0 Å². The third-order valence-electron chi connectivity index (χ3n) is 3.98. The summed E-state index contributed by atoms with van der Waals surface area (Å²) in [6.45, 7) is 0.631. The molecule has 0 saturated carbocycles. The van der Waals surface area contributed by atoms with Gasteiger partial charge in [-0.2, -0.15) is 13.6 Å². The predicted molar refractivity (Wildman–Crippen MR) is 111 cm³/mol. The summed E-state index contributed by atoms with van der Waals surface area (Å²) >= 11 is 0. The Morgan fingerprint density at radius 2 is 1.88 bits per heavy atom. The molecule has 21 heteroatoms. The van der Waals surface area contributed by atoms with E-state index in [2.05, 4.69) is 23.4 Å². The number of nitrogens with one attached hydrogen (secondary N) is 1. The average Bonchev–Trinajstić information content (AvgIpc) is 3.04. The minimum Gasteiger partial charge on any atom is -0.390 e. The summed E-state index contributed by atoms with van der Waals surface area (Å²) in [4.78, 5) is 51.7. The lowest BCUT2D eigenvalue weighted by atomic mass is 10.2. The number of aliphatic hydroxyl groups is 1. The number of rotatable bonds is 14. The van der Waals surface area contributed by atoms with E-state index in [0.29, 0.717) is 26.3 Å². The van der Waals surface area contributed by atoms with Crippen molar-refractivity contribution in [3.8, 4) is 0 Å². The van der Waals surface area contributed by atoms with Crippen LogP contribution in [0.5, 0.6) is 0 Å². The molecular weight excluding hydrogens is 529 g/mol. The van der Waals surface area contributed by atoms with Crippen molar-refractivity contribution < 1.29 is 61.0 Å². The lowest BCUT2D eigenvalue weighted by Gasteiger charge is -2.19. The number of anilines is 1. The number of hydrogen-bond donors (Lipinski definition) is 7. The first-order valence-electron chi connectivity index (χ1n) is 9.44. The van der Waals surface area contributed by atoms with Gasteiger partial charge in [-0.15, -0.1) is 0 Å². The summed E-state index contributed by atoms with van der Waals surface area (Å²) < 4.78 is 57.0. The molecule has 1 aromatic rings. The van der Waals surface area contributed by atoms with Gasteiger partial charge >= 0.3 is 29.2 Å². The van der Waals surface area contributed by atoms with Crippen LogP contribution in [0.15, 0.2) is 17.1 Å². The number of ether oxygens (including phenoxy) is 2. The SMILES string of the molecule is NCCOCCNc1ccn([C@H]2C[C@H](O)[C@@H](COP(=O)(O)OP(=O)(O)OP(=O)(O)O)O2)c(=O)n1. The van der Waals surface area contributed by atoms with Crippen molar-refractivity contribution in [2.45, 2.75) is 24.9 Å². The summed E-state index contributed by atoms with van der Waals surface area (Å²) in [5.41, 5.74) is 4.57. The van der Waals surface area contributed by atoms with Gasteiger partial charge in [0.05, 0.1) is 25.9 Å². The molecule has 1 saturated heterocycles. The van der Waals surface area contributed by atoms with Gasteiger partial charge < -0.3 is 45.2 Å². The van der Waals surface area contributed by atoms with Crippen LogP contribution in [-0.2, 0) is 36.3 Å². The van der Waals surface area contributed by atoms with Crippen LogP contribution in [0.1, 0.15) is 12.6 Å². The van der Waals surface area contributed by atoms with Crippen molar-refractivity contribution in [3.05, 3.63) is 22.7 Å². The first kappa shape index (κ1) is 29.2. The standard InChI is InChI=1S/C13H25N4O14P3/c14-2-5-27-6-3-15-11-1-4-17(13(19)16-11)12-7-9(18)10(29-12)8-28-33(23,24)31-34(25,26)30-32(20,21)22/h1,4,9-10,12,18H,2-3,5-8,14H2,(H,23,24)(H,25,26)(H,15,16,19)(H2,20,21,22)/t9-,10+,12+/m0/s1. The van der Waals surface area contributed by atoms with Crippen molar-refractivity contribution in [3.63, 3.8) is 0 Å². The molecule has 0 radical (unpaired) electrons. The van der Waals surface area contributed by atoms with Crippen molar-refractivity contribution in [2.75, 3.05) is 38.2 Å². The van der Waals surface area contributed by atoms with Gasteiger partial charge in [0, 0.05) is 25.7 Å². The maximum Gasteiger partial charge on any atom is 0.490 e. The van der Waals surface area contributed by atoms with E-state index >= 15 is 0 Å². The monoisotopic (exact) mass is 554 g/mol. The van der Waals surface area contributed by atoms with Gasteiger partial charge in [-0.3, -0.25) is 9.09 Å². The van der Waals surface area contributed by atoms with E-state index in [1.165, 1.54) is 12.3 Å².